The summed E-state index contributed by atoms with van der Waals surface area (Å²) in [6, 6.07) is 7.80. The van der Waals surface area contributed by atoms with Crippen LogP contribution in [0.5, 0.6) is 0 Å². The van der Waals surface area contributed by atoms with E-state index >= 15 is 0 Å². The minimum atomic E-state index is -0.456. The number of amides is 1. The van der Waals surface area contributed by atoms with Gasteiger partial charge in [0.15, 0.2) is 0 Å². The molecular weight excluding hydrogens is 293 g/mol. The number of halogens is 2. The molecule has 0 radical (unpaired) electrons. The first-order chi connectivity index (χ1) is 10.1. The number of hydrogen-bond donors (Lipinski definition) is 2. The number of aromatic nitrogens is 1. The van der Waals surface area contributed by atoms with Crippen molar-refractivity contribution in [3.05, 3.63) is 59.1 Å². The predicted octanol–water partition coefficient (Wildman–Crippen LogP) is 3.16. The zero-order valence-electron chi connectivity index (χ0n) is 11.4. The molecule has 1 atom stereocenters. The number of nitrogens with one attached hydrogen (secondary N) is 2. The Morgan fingerprint density at radius 3 is 2.71 bits per heavy atom. The van der Waals surface area contributed by atoms with E-state index in [0.29, 0.717) is 5.69 Å². The largest absolute Gasteiger partial charge is 0.325 e. The summed E-state index contributed by atoms with van der Waals surface area (Å²) >= 11 is 5.74. The lowest BCUT2D eigenvalue weighted by molar-refractivity contribution is -0.115. The van der Waals surface area contributed by atoms with Crippen LogP contribution in [0.3, 0.4) is 0 Å². The van der Waals surface area contributed by atoms with Crippen LogP contribution in [-0.4, -0.2) is 17.4 Å². The van der Waals surface area contributed by atoms with E-state index < -0.39 is 5.82 Å². The Labute approximate surface area is 127 Å². The Morgan fingerprint density at radius 2 is 2.05 bits per heavy atom. The molecule has 0 aliphatic rings. The van der Waals surface area contributed by atoms with E-state index in [2.05, 4.69) is 15.6 Å². The third-order valence-electron chi connectivity index (χ3n) is 2.98. The smallest absolute Gasteiger partial charge is 0.238 e. The first kappa shape index (κ1) is 15.4. The molecule has 1 aromatic heterocycles. The van der Waals surface area contributed by atoms with Crippen LogP contribution in [0.1, 0.15) is 18.5 Å². The average molecular weight is 308 g/mol. The minimum Gasteiger partial charge on any atom is -0.325 e. The van der Waals surface area contributed by atoms with Crippen molar-refractivity contribution in [2.45, 2.75) is 13.0 Å². The lowest BCUT2D eigenvalue weighted by atomic mass is 10.1. The summed E-state index contributed by atoms with van der Waals surface area (Å²) in [5.41, 5.74) is 1.51. The Hall–Kier alpha value is -1.98. The van der Waals surface area contributed by atoms with Gasteiger partial charge in [0.2, 0.25) is 5.91 Å². The number of pyridine rings is 1. The van der Waals surface area contributed by atoms with Gasteiger partial charge >= 0.3 is 0 Å². The molecule has 0 unspecified atom stereocenters. The number of hydrogen-bond acceptors (Lipinski definition) is 3. The van der Waals surface area contributed by atoms with E-state index in [1.807, 2.05) is 6.92 Å². The molecule has 0 saturated carbocycles. The van der Waals surface area contributed by atoms with Gasteiger partial charge in [0.25, 0.3) is 0 Å². The molecule has 0 saturated heterocycles. The summed E-state index contributed by atoms with van der Waals surface area (Å²) in [7, 11) is 0. The second-order valence-electron chi connectivity index (χ2n) is 4.56. The number of benzene rings is 1. The van der Waals surface area contributed by atoms with Crippen LogP contribution >= 0.6 is 11.6 Å². The summed E-state index contributed by atoms with van der Waals surface area (Å²) in [5, 5.41) is 5.87. The molecule has 4 nitrogen and oxygen atoms in total. The summed E-state index contributed by atoms with van der Waals surface area (Å²) < 4.78 is 13.1. The van der Waals surface area contributed by atoms with Crippen molar-refractivity contribution in [3.63, 3.8) is 0 Å². The van der Waals surface area contributed by atoms with E-state index in [9.17, 15) is 9.18 Å². The van der Waals surface area contributed by atoms with Gasteiger partial charge in [-0.3, -0.25) is 9.78 Å². The van der Waals surface area contributed by atoms with Crippen molar-refractivity contribution in [2.75, 3.05) is 11.9 Å². The Balaban J connectivity index is 1.87. The van der Waals surface area contributed by atoms with E-state index in [4.69, 9.17) is 11.6 Å². The molecule has 2 rings (SSSR count). The molecule has 1 aromatic carbocycles. The zero-order chi connectivity index (χ0) is 15.2. The summed E-state index contributed by atoms with van der Waals surface area (Å²) in [5.74, 6) is -0.621. The van der Waals surface area contributed by atoms with Crippen LogP contribution in [0.25, 0.3) is 0 Å². The second-order valence-corrected chi connectivity index (χ2v) is 4.97. The lowest BCUT2D eigenvalue weighted by Gasteiger charge is -2.14. The zero-order valence-corrected chi connectivity index (χ0v) is 12.2. The summed E-state index contributed by atoms with van der Waals surface area (Å²) in [6.07, 6.45) is 3.21. The molecule has 1 amide bonds. The molecule has 2 N–H and O–H groups in total. The van der Waals surface area contributed by atoms with E-state index in [-0.39, 0.29) is 23.5 Å². The third kappa shape index (κ3) is 4.51. The maximum absolute atomic E-state index is 13.1. The topological polar surface area (TPSA) is 54.0 Å². The predicted molar refractivity (Wildman–Crippen MR) is 80.7 cm³/mol. The highest BCUT2D eigenvalue weighted by Gasteiger charge is 2.10. The lowest BCUT2D eigenvalue weighted by Crippen LogP contribution is -2.30. The summed E-state index contributed by atoms with van der Waals surface area (Å²) in [6.45, 7) is 2.02. The average Bonchev–Trinajstić information content (AvgIpc) is 2.48. The number of rotatable bonds is 5. The number of carbonyl (C=O) groups is 1. The van der Waals surface area contributed by atoms with Crippen molar-refractivity contribution in [2.24, 2.45) is 0 Å². The fourth-order valence-electron chi connectivity index (χ4n) is 1.79. The van der Waals surface area contributed by atoms with E-state index in [1.54, 1.807) is 36.7 Å². The number of anilines is 1. The third-order valence-corrected chi connectivity index (χ3v) is 3.27. The van der Waals surface area contributed by atoms with Crippen LogP contribution in [-0.2, 0) is 4.79 Å². The van der Waals surface area contributed by atoms with Crippen molar-refractivity contribution in [3.8, 4) is 0 Å². The van der Waals surface area contributed by atoms with Gasteiger partial charge in [-0.15, -0.1) is 0 Å². The first-order valence-corrected chi connectivity index (χ1v) is 6.82. The van der Waals surface area contributed by atoms with Crippen LogP contribution in [0, 0.1) is 5.82 Å². The van der Waals surface area contributed by atoms with Gasteiger partial charge in [0.1, 0.15) is 5.82 Å². The molecule has 1 heterocycles. The van der Waals surface area contributed by atoms with Gasteiger partial charge in [-0.05, 0) is 36.8 Å². The van der Waals surface area contributed by atoms with Gasteiger partial charge < -0.3 is 10.6 Å². The fourth-order valence-corrected chi connectivity index (χ4v) is 1.97. The van der Waals surface area contributed by atoms with Gasteiger partial charge in [-0.2, -0.15) is 0 Å². The maximum atomic E-state index is 13.1. The Bertz CT molecular complexity index is 622. The van der Waals surface area contributed by atoms with Crippen LogP contribution in [0.4, 0.5) is 10.1 Å². The highest BCUT2D eigenvalue weighted by atomic mass is 35.5. The SMILES string of the molecule is C[C@H](NCC(=O)Nc1ccncc1)c1ccc(F)c(Cl)c1. The highest BCUT2D eigenvalue weighted by molar-refractivity contribution is 6.30. The standard InChI is InChI=1S/C15H15ClFN3O/c1-10(11-2-3-14(17)13(16)8-11)19-9-15(21)20-12-4-6-18-7-5-12/h2-8,10,19H,9H2,1H3,(H,18,20,21)/t10-/m0/s1. The van der Waals surface area contributed by atoms with Crippen molar-refractivity contribution in [1.82, 2.24) is 10.3 Å². The second kappa shape index (κ2) is 7.15. The van der Waals surface area contributed by atoms with Gasteiger partial charge in [-0.1, -0.05) is 17.7 Å². The molecule has 2 aromatic rings. The molecule has 110 valence electrons. The number of carbonyl (C=O) groups excluding carboxylic acids is 1. The van der Waals surface area contributed by atoms with Crippen LogP contribution < -0.4 is 10.6 Å². The Morgan fingerprint density at radius 1 is 1.33 bits per heavy atom. The van der Waals surface area contributed by atoms with E-state index in [1.165, 1.54) is 6.07 Å². The molecule has 0 bridgehead atoms. The van der Waals surface area contributed by atoms with Gasteiger partial charge in [0, 0.05) is 24.1 Å². The molecule has 6 heteroatoms. The molecule has 21 heavy (non-hydrogen) atoms. The van der Waals surface area contributed by atoms with Crippen LogP contribution in [0.2, 0.25) is 5.02 Å². The van der Waals surface area contributed by atoms with Gasteiger partial charge in [0.05, 0.1) is 11.6 Å². The normalized spacial score (nSPS) is 12.0. The molecule has 0 spiro atoms. The van der Waals surface area contributed by atoms with Crippen molar-refractivity contribution < 1.29 is 9.18 Å². The monoisotopic (exact) mass is 307 g/mol. The molecule has 0 aliphatic carbocycles. The molecular formula is C15H15ClFN3O. The first-order valence-electron chi connectivity index (χ1n) is 6.44. The molecule has 0 aliphatic heterocycles. The van der Waals surface area contributed by atoms with Crippen molar-refractivity contribution >= 4 is 23.2 Å². The van der Waals surface area contributed by atoms with Crippen molar-refractivity contribution in [1.29, 1.82) is 0 Å². The maximum Gasteiger partial charge on any atom is 0.238 e. The fraction of sp³-hybridized carbons (Fsp3) is 0.200. The summed E-state index contributed by atoms with van der Waals surface area (Å²) in [4.78, 5) is 15.7. The molecule has 0 fully saturated rings. The highest BCUT2D eigenvalue weighted by Crippen LogP contribution is 2.20. The van der Waals surface area contributed by atoms with Gasteiger partial charge in [-0.25, -0.2) is 4.39 Å². The minimum absolute atomic E-state index is 0.0717. The number of nitrogens with zero attached hydrogens (tertiary/aromatic N) is 1. The quantitative estimate of drug-likeness (QED) is 0.892. The van der Waals surface area contributed by atoms with E-state index in [0.717, 1.165) is 5.56 Å². The Kier molecular flexibility index (Phi) is 5.25. The van der Waals surface area contributed by atoms with Crippen LogP contribution in [0.15, 0.2) is 42.7 Å².